The molecule has 3 nitrogen and oxygen atoms in total. The zero-order valence-electron chi connectivity index (χ0n) is 9.43. The van der Waals surface area contributed by atoms with Crippen molar-refractivity contribution in [1.82, 2.24) is 0 Å². The van der Waals surface area contributed by atoms with Gasteiger partial charge in [0.2, 0.25) is 0 Å². The molecule has 0 heterocycles. The van der Waals surface area contributed by atoms with E-state index in [9.17, 15) is 4.79 Å². The molecule has 1 aromatic rings. The Morgan fingerprint density at radius 1 is 1.47 bits per heavy atom. The van der Waals surface area contributed by atoms with E-state index in [1.807, 2.05) is 36.2 Å². The van der Waals surface area contributed by atoms with Crippen LogP contribution in [-0.2, 0) is 4.74 Å². The van der Waals surface area contributed by atoms with Gasteiger partial charge in [0.1, 0.15) is 0 Å². The number of para-hydroxylation sites is 1. The summed E-state index contributed by atoms with van der Waals surface area (Å²) in [5, 5.41) is 0. The molecule has 3 heteroatoms. The lowest BCUT2D eigenvalue weighted by Crippen LogP contribution is -2.33. The molecule has 0 radical (unpaired) electrons. The molecule has 82 valence electrons. The zero-order valence-corrected chi connectivity index (χ0v) is 9.43. The van der Waals surface area contributed by atoms with Crippen molar-refractivity contribution in [3.63, 3.8) is 0 Å². The molecule has 0 aliphatic heterocycles. The Balaban J connectivity index is 2.89. The molecule has 15 heavy (non-hydrogen) atoms. The number of benzene rings is 1. The Morgan fingerprint density at radius 2 is 2.13 bits per heavy atom. The molecule has 1 atom stereocenters. The Labute approximate surface area is 90.7 Å². The number of ether oxygens (including phenoxy) is 1. The highest BCUT2D eigenvalue weighted by atomic mass is 16.5. The minimum atomic E-state index is 0.246. The van der Waals surface area contributed by atoms with Gasteiger partial charge in [0, 0.05) is 31.5 Å². The highest BCUT2D eigenvalue weighted by Gasteiger charge is 2.12. The third-order valence-corrected chi connectivity index (χ3v) is 2.51. The summed E-state index contributed by atoms with van der Waals surface area (Å²) in [6.07, 6.45) is 0.880. The highest BCUT2D eigenvalue weighted by molar-refractivity contribution is 5.84. The van der Waals surface area contributed by atoms with Crippen LogP contribution >= 0.6 is 0 Å². The van der Waals surface area contributed by atoms with Crippen molar-refractivity contribution < 1.29 is 9.53 Å². The van der Waals surface area contributed by atoms with Crippen molar-refractivity contribution in [2.75, 3.05) is 25.7 Å². The second-order valence-corrected chi connectivity index (χ2v) is 3.59. The normalized spacial score (nSPS) is 12.2. The first kappa shape index (κ1) is 11.7. The van der Waals surface area contributed by atoms with Crippen LogP contribution in [0.4, 0.5) is 5.69 Å². The van der Waals surface area contributed by atoms with Crippen LogP contribution < -0.4 is 4.90 Å². The Hall–Kier alpha value is -1.35. The lowest BCUT2D eigenvalue weighted by molar-refractivity contribution is 0.112. The third-order valence-electron chi connectivity index (χ3n) is 2.51. The monoisotopic (exact) mass is 207 g/mol. The zero-order chi connectivity index (χ0) is 11.3. The summed E-state index contributed by atoms with van der Waals surface area (Å²) < 4.78 is 5.09. The first-order chi connectivity index (χ1) is 7.20. The van der Waals surface area contributed by atoms with Crippen LogP contribution in [0.5, 0.6) is 0 Å². The molecule has 0 saturated heterocycles. The van der Waals surface area contributed by atoms with Crippen LogP contribution in [-0.4, -0.2) is 33.1 Å². The molecule has 0 aromatic heterocycles. The van der Waals surface area contributed by atoms with E-state index < -0.39 is 0 Å². The SMILES string of the molecule is COCC(C)N(C)c1ccccc1C=O. The second-order valence-electron chi connectivity index (χ2n) is 3.59. The van der Waals surface area contributed by atoms with Gasteiger partial charge < -0.3 is 9.64 Å². The molecule has 0 aliphatic carbocycles. The van der Waals surface area contributed by atoms with Crippen molar-refractivity contribution >= 4 is 12.0 Å². The van der Waals surface area contributed by atoms with Crippen LogP contribution in [0.25, 0.3) is 0 Å². The average molecular weight is 207 g/mol. The van der Waals surface area contributed by atoms with E-state index in [1.165, 1.54) is 0 Å². The van der Waals surface area contributed by atoms with Gasteiger partial charge in [0.05, 0.1) is 6.61 Å². The fraction of sp³-hybridized carbons (Fsp3) is 0.417. The van der Waals surface area contributed by atoms with Gasteiger partial charge >= 0.3 is 0 Å². The van der Waals surface area contributed by atoms with Crippen molar-refractivity contribution in [2.45, 2.75) is 13.0 Å². The van der Waals surface area contributed by atoms with Crippen molar-refractivity contribution in [1.29, 1.82) is 0 Å². The van der Waals surface area contributed by atoms with Crippen LogP contribution in [0.2, 0.25) is 0 Å². The van der Waals surface area contributed by atoms with Gasteiger partial charge in [0.15, 0.2) is 6.29 Å². The summed E-state index contributed by atoms with van der Waals surface area (Å²) in [5.74, 6) is 0. The standard InChI is InChI=1S/C12H17NO2/c1-10(9-15-3)13(2)12-7-5-4-6-11(12)8-14/h4-8,10H,9H2,1-3H3. The first-order valence-corrected chi connectivity index (χ1v) is 4.96. The van der Waals surface area contributed by atoms with Gasteiger partial charge in [-0.3, -0.25) is 4.79 Å². The molecule has 1 unspecified atom stereocenters. The third kappa shape index (κ3) is 2.80. The summed E-state index contributed by atoms with van der Waals surface area (Å²) in [6, 6.07) is 7.80. The lowest BCUT2D eigenvalue weighted by atomic mass is 10.1. The molecule has 1 aromatic carbocycles. The Morgan fingerprint density at radius 3 is 2.73 bits per heavy atom. The van der Waals surface area contributed by atoms with Crippen molar-refractivity contribution in [3.05, 3.63) is 29.8 Å². The maximum Gasteiger partial charge on any atom is 0.152 e. The number of carbonyl (C=O) groups is 1. The van der Waals surface area contributed by atoms with Gasteiger partial charge in [0.25, 0.3) is 0 Å². The average Bonchev–Trinajstić information content (AvgIpc) is 2.28. The maximum atomic E-state index is 10.9. The highest BCUT2D eigenvalue weighted by Crippen LogP contribution is 2.19. The molecule has 0 N–H and O–H groups in total. The molecule has 0 spiro atoms. The number of likely N-dealkylation sites (N-methyl/N-ethyl adjacent to an activating group) is 1. The van der Waals surface area contributed by atoms with Crippen molar-refractivity contribution in [2.24, 2.45) is 0 Å². The molecule has 0 bridgehead atoms. The molecule has 0 saturated carbocycles. The van der Waals surface area contributed by atoms with Gasteiger partial charge in [-0.15, -0.1) is 0 Å². The van der Waals surface area contributed by atoms with Gasteiger partial charge in [-0.05, 0) is 19.1 Å². The summed E-state index contributed by atoms with van der Waals surface area (Å²) in [6.45, 7) is 2.70. The lowest BCUT2D eigenvalue weighted by Gasteiger charge is -2.27. The number of hydrogen-bond acceptors (Lipinski definition) is 3. The largest absolute Gasteiger partial charge is 0.383 e. The topological polar surface area (TPSA) is 29.5 Å². The number of rotatable bonds is 5. The van der Waals surface area contributed by atoms with E-state index >= 15 is 0 Å². The minimum Gasteiger partial charge on any atom is -0.383 e. The molecular formula is C12H17NO2. The number of hydrogen-bond donors (Lipinski definition) is 0. The minimum absolute atomic E-state index is 0.246. The van der Waals surface area contributed by atoms with E-state index in [0.29, 0.717) is 12.2 Å². The quantitative estimate of drug-likeness (QED) is 0.691. The number of methoxy groups -OCH3 is 1. The fourth-order valence-corrected chi connectivity index (χ4v) is 1.50. The predicted molar refractivity (Wildman–Crippen MR) is 61.6 cm³/mol. The van der Waals surface area contributed by atoms with E-state index in [4.69, 9.17) is 4.74 Å². The fourth-order valence-electron chi connectivity index (χ4n) is 1.50. The Bertz CT molecular complexity index is 325. The predicted octanol–water partition coefficient (Wildman–Crippen LogP) is 1.97. The summed E-state index contributed by atoms with van der Waals surface area (Å²) in [4.78, 5) is 12.9. The van der Waals surface area contributed by atoms with Gasteiger partial charge in [-0.1, -0.05) is 12.1 Å². The molecule has 0 aliphatic rings. The van der Waals surface area contributed by atoms with E-state index in [1.54, 1.807) is 7.11 Å². The molecule has 1 rings (SSSR count). The van der Waals surface area contributed by atoms with Crippen LogP contribution in [0, 0.1) is 0 Å². The summed E-state index contributed by atoms with van der Waals surface area (Å²) in [7, 11) is 3.64. The van der Waals surface area contributed by atoms with E-state index in [2.05, 4.69) is 6.92 Å². The molecular weight excluding hydrogens is 190 g/mol. The Kier molecular flexibility index (Phi) is 4.31. The molecule has 0 fully saturated rings. The second kappa shape index (κ2) is 5.51. The van der Waals surface area contributed by atoms with Gasteiger partial charge in [-0.25, -0.2) is 0 Å². The smallest absolute Gasteiger partial charge is 0.152 e. The number of aldehydes is 1. The van der Waals surface area contributed by atoms with Gasteiger partial charge in [-0.2, -0.15) is 0 Å². The van der Waals surface area contributed by atoms with Crippen molar-refractivity contribution in [3.8, 4) is 0 Å². The maximum absolute atomic E-state index is 10.9. The summed E-state index contributed by atoms with van der Waals surface area (Å²) in [5.41, 5.74) is 1.65. The number of nitrogens with zero attached hydrogens (tertiary/aromatic N) is 1. The summed E-state index contributed by atoms with van der Waals surface area (Å²) >= 11 is 0. The van der Waals surface area contributed by atoms with Crippen LogP contribution in [0.3, 0.4) is 0 Å². The van der Waals surface area contributed by atoms with Crippen LogP contribution in [0.15, 0.2) is 24.3 Å². The number of anilines is 1. The van der Waals surface area contributed by atoms with E-state index in [-0.39, 0.29) is 6.04 Å². The van der Waals surface area contributed by atoms with E-state index in [0.717, 1.165) is 12.0 Å². The number of carbonyl (C=O) groups excluding carboxylic acids is 1. The first-order valence-electron chi connectivity index (χ1n) is 4.96. The molecule has 0 amide bonds. The van der Waals surface area contributed by atoms with Crippen LogP contribution in [0.1, 0.15) is 17.3 Å².